The van der Waals surface area contributed by atoms with E-state index < -0.39 is 0 Å². The third-order valence-electron chi connectivity index (χ3n) is 2.91. The molecule has 1 saturated heterocycles. The molecular weight excluding hydrogens is 266 g/mol. The average Bonchev–Trinajstić information content (AvgIpc) is 2.93. The highest BCUT2D eigenvalue weighted by Gasteiger charge is 2.23. The summed E-state index contributed by atoms with van der Waals surface area (Å²) in [5.74, 6) is 0. The van der Waals surface area contributed by atoms with Crippen LogP contribution in [0.1, 0.15) is 39.2 Å². The lowest BCUT2D eigenvalue weighted by Crippen LogP contribution is -2.34. The van der Waals surface area contributed by atoms with E-state index in [9.17, 15) is 4.79 Å². The topological polar surface area (TPSA) is 38.8 Å². The Morgan fingerprint density at radius 1 is 1.14 bits per heavy atom. The Morgan fingerprint density at radius 3 is 2.19 bits per heavy atom. The highest BCUT2D eigenvalue weighted by atomic mass is 16.6. The zero-order chi connectivity index (χ0) is 15.7. The Hall–Kier alpha value is -1.55. The van der Waals surface area contributed by atoms with Crippen LogP contribution in [0.3, 0.4) is 0 Å². The molecule has 0 spiro atoms. The quantitative estimate of drug-likeness (QED) is 0.831. The number of nitrogens with zero attached hydrogens (tertiary/aromatic N) is 1. The number of ether oxygens (including phenoxy) is 2. The van der Waals surface area contributed by atoms with Gasteiger partial charge in [-0.1, -0.05) is 30.3 Å². The fraction of sp³-hybridized carbons (Fsp3) is 0.588. The van der Waals surface area contributed by atoms with Gasteiger partial charge < -0.3 is 14.4 Å². The van der Waals surface area contributed by atoms with Crippen LogP contribution in [0.15, 0.2) is 30.3 Å². The number of benzene rings is 1. The lowest BCUT2D eigenvalue weighted by atomic mass is 10.2. The molecule has 0 radical (unpaired) electrons. The Bertz CT molecular complexity index is 406. The summed E-state index contributed by atoms with van der Waals surface area (Å²) in [5, 5.41) is 0. The second kappa shape index (κ2) is 8.67. The molecule has 1 aromatic carbocycles. The highest BCUT2D eigenvalue weighted by Crippen LogP contribution is 2.14. The third-order valence-corrected chi connectivity index (χ3v) is 2.91. The number of carbonyl (C=O) groups is 1. The van der Waals surface area contributed by atoms with Crippen LogP contribution in [0.2, 0.25) is 0 Å². The molecule has 1 aliphatic rings. The molecule has 4 heteroatoms. The summed E-state index contributed by atoms with van der Waals surface area (Å²) in [4.78, 5) is 13.1. The standard InChI is InChI=1S/C9H17NO2.C8H10O/c1-9(2,3)12-8(11)10-6-4-5-7-10;1-9-7-8-5-3-2-4-6-8/h4-7H2,1-3H3;2-6H,7H2,1H3. The largest absolute Gasteiger partial charge is 0.444 e. The molecule has 0 atom stereocenters. The Morgan fingerprint density at radius 2 is 1.71 bits per heavy atom. The Balaban J connectivity index is 0.000000219. The van der Waals surface area contributed by atoms with Crippen molar-refractivity contribution in [2.75, 3.05) is 20.2 Å². The predicted molar refractivity (Wildman–Crippen MR) is 84.2 cm³/mol. The summed E-state index contributed by atoms with van der Waals surface area (Å²) < 4.78 is 10.1. The lowest BCUT2D eigenvalue weighted by molar-refractivity contribution is 0.0295. The fourth-order valence-electron chi connectivity index (χ4n) is 1.97. The van der Waals surface area contributed by atoms with Crippen LogP contribution in [0, 0.1) is 0 Å². The van der Waals surface area contributed by atoms with Crippen molar-refractivity contribution in [1.29, 1.82) is 0 Å². The fourth-order valence-corrected chi connectivity index (χ4v) is 1.97. The van der Waals surface area contributed by atoms with Crippen molar-refractivity contribution in [3.8, 4) is 0 Å². The normalized spacial score (nSPS) is 14.4. The minimum atomic E-state index is -0.361. The van der Waals surface area contributed by atoms with E-state index in [-0.39, 0.29) is 11.7 Å². The summed E-state index contributed by atoms with van der Waals surface area (Å²) >= 11 is 0. The summed E-state index contributed by atoms with van der Waals surface area (Å²) in [5.41, 5.74) is 0.861. The number of hydrogen-bond acceptors (Lipinski definition) is 3. The minimum absolute atomic E-state index is 0.167. The van der Waals surface area contributed by atoms with Crippen molar-refractivity contribution in [3.05, 3.63) is 35.9 Å². The number of hydrogen-bond donors (Lipinski definition) is 0. The molecule has 1 amide bonds. The molecule has 0 bridgehead atoms. The van der Waals surface area contributed by atoms with Crippen LogP contribution in [-0.2, 0) is 16.1 Å². The van der Waals surface area contributed by atoms with Gasteiger partial charge in [0.25, 0.3) is 0 Å². The maximum Gasteiger partial charge on any atom is 0.410 e. The number of methoxy groups -OCH3 is 1. The van der Waals surface area contributed by atoms with Gasteiger partial charge in [-0.05, 0) is 39.2 Å². The smallest absolute Gasteiger partial charge is 0.410 e. The van der Waals surface area contributed by atoms with E-state index in [0.29, 0.717) is 6.61 Å². The molecule has 4 nitrogen and oxygen atoms in total. The van der Waals surface area contributed by atoms with E-state index >= 15 is 0 Å². The average molecular weight is 293 g/mol. The van der Waals surface area contributed by atoms with Gasteiger partial charge in [0.2, 0.25) is 0 Å². The van der Waals surface area contributed by atoms with E-state index in [2.05, 4.69) is 0 Å². The maximum absolute atomic E-state index is 11.4. The van der Waals surface area contributed by atoms with Gasteiger partial charge in [-0.15, -0.1) is 0 Å². The molecule has 21 heavy (non-hydrogen) atoms. The van der Waals surface area contributed by atoms with Crippen LogP contribution in [-0.4, -0.2) is 36.8 Å². The molecular formula is C17H27NO3. The monoisotopic (exact) mass is 293 g/mol. The van der Waals surface area contributed by atoms with Gasteiger partial charge in [-0.25, -0.2) is 4.79 Å². The van der Waals surface area contributed by atoms with Crippen LogP contribution >= 0.6 is 0 Å². The van der Waals surface area contributed by atoms with Gasteiger partial charge in [0.15, 0.2) is 0 Å². The van der Waals surface area contributed by atoms with Gasteiger partial charge in [-0.2, -0.15) is 0 Å². The third kappa shape index (κ3) is 7.71. The summed E-state index contributed by atoms with van der Waals surface area (Å²) in [7, 11) is 1.70. The van der Waals surface area contributed by atoms with Crippen LogP contribution < -0.4 is 0 Å². The van der Waals surface area contributed by atoms with Crippen molar-refractivity contribution < 1.29 is 14.3 Å². The van der Waals surface area contributed by atoms with Crippen molar-refractivity contribution in [3.63, 3.8) is 0 Å². The number of carbonyl (C=O) groups excluding carboxylic acids is 1. The first kappa shape index (κ1) is 17.5. The van der Waals surface area contributed by atoms with Gasteiger partial charge in [-0.3, -0.25) is 0 Å². The second-order valence-electron chi connectivity index (χ2n) is 6.09. The maximum atomic E-state index is 11.4. The van der Waals surface area contributed by atoms with E-state index in [4.69, 9.17) is 9.47 Å². The minimum Gasteiger partial charge on any atom is -0.444 e. The van der Waals surface area contributed by atoms with E-state index in [0.717, 1.165) is 25.9 Å². The molecule has 1 heterocycles. The zero-order valence-electron chi connectivity index (χ0n) is 13.6. The van der Waals surface area contributed by atoms with Gasteiger partial charge in [0.05, 0.1) is 6.61 Å². The first-order valence-corrected chi connectivity index (χ1v) is 7.43. The van der Waals surface area contributed by atoms with Crippen LogP contribution in [0.25, 0.3) is 0 Å². The van der Waals surface area contributed by atoms with Crippen LogP contribution in [0.4, 0.5) is 4.79 Å². The van der Waals surface area contributed by atoms with E-state index in [1.165, 1.54) is 5.56 Å². The van der Waals surface area contributed by atoms with Crippen LogP contribution in [0.5, 0.6) is 0 Å². The van der Waals surface area contributed by atoms with Crippen molar-refractivity contribution >= 4 is 6.09 Å². The predicted octanol–water partition coefficient (Wildman–Crippen LogP) is 3.85. The first-order chi connectivity index (χ1) is 9.92. The zero-order valence-corrected chi connectivity index (χ0v) is 13.6. The molecule has 118 valence electrons. The SMILES string of the molecule is CC(C)(C)OC(=O)N1CCCC1.COCc1ccccc1. The molecule has 0 aromatic heterocycles. The van der Waals surface area contributed by atoms with E-state index in [1.807, 2.05) is 51.1 Å². The van der Waals surface area contributed by atoms with Gasteiger partial charge in [0, 0.05) is 20.2 Å². The molecule has 0 N–H and O–H groups in total. The first-order valence-electron chi connectivity index (χ1n) is 7.43. The molecule has 2 rings (SSSR count). The molecule has 0 unspecified atom stereocenters. The lowest BCUT2D eigenvalue weighted by Gasteiger charge is -2.23. The van der Waals surface area contributed by atoms with Crippen molar-refractivity contribution in [1.82, 2.24) is 4.90 Å². The molecule has 1 aromatic rings. The Kier molecular flexibility index (Phi) is 7.23. The van der Waals surface area contributed by atoms with Gasteiger partial charge in [0.1, 0.15) is 5.60 Å². The second-order valence-corrected chi connectivity index (χ2v) is 6.09. The summed E-state index contributed by atoms with van der Waals surface area (Å²) in [6.45, 7) is 8.09. The van der Waals surface area contributed by atoms with E-state index in [1.54, 1.807) is 12.0 Å². The number of amides is 1. The van der Waals surface area contributed by atoms with Crippen molar-refractivity contribution in [2.45, 2.75) is 45.8 Å². The molecule has 0 aliphatic carbocycles. The van der Waals surface area contributed by atoms with Crippen molar-refractivity contribution in [2.24, 2.45) is 0 Å². The Labute approximate surface area is 128 Å². The number of likely N-dealkylation sites (tertiary alicyclic amines) is 1. The summed E-state index contributed by atoms with van der Waals surface area (Å²) in [6.07, 6.45) is 2.05. The highest BCUT2D eigenvalue weighted by molar-refractivity contribution is 5.68. The molecule has 0 saturated carbocycles. The van der Waals surface area contributed by atoms with Gasteiger partial charge >= 0.3 is 6.09 Å². The molecule has 1 aliphatic heterocycles. The molecule has 1 fully saturated rings. The summed E-state index contributed by atoms with van der Waals surface area (Å²) in [6, 6.07) is 10.1. The number of rotatable bonds is 2.